The molecule has 1 fully saturated rings. The molecule has 0 aromatic heterocycles. The molecule has 0 bridgehead atoms. The number of halogens is 1. The predicted octanol–water partition coefficient (Wildman–Crippen LogP) is 2.61. The van der Waals surface area contributed by atoms with Gasteiger partial charge in [0.15, 0.2) is 5.96 Å². The molecule has 0 saturated carbocycles. The van der Waals surface area contributed by atoms with Crippen LogP contribution in [-0.2, 0) is 4.79 Å². The lowest BCUT2D eigenvalue weighted by Gasteiger charge is -2.20. The number of aliphatic imine (C=N–C) groups is 1. The fraction of sp³-hybridized carbons (Fsp3) is 0.875. The van der Waals surface area contributed by atoms with Gasteiger partial charge < -0.3 is 15.5 Å². The number of nitrogens with one attached hydrogen (secondary N) is 2. The quantitative estimate of drug-likeness (QED) is 0.309. The molecule has 1 saturated heterocycles. The van der Waals surface area contributed by atoms with E-state index in [4.69, 9.17) is 0 Å². The summed E-state index contributed by atoms with van der Waals surface area (Å²) >= 11 is 0. The number of carbonyl (C=O) groups is 1. The van der Waals surface area contributed by atoms with E-state index in [9.17, 15) is 4.79 Å². The Morgan fingerprint density at radius 3 is 2.59 bits per heavy atom. The summed E-state index contributed by atoms with van der Waals surface area (Å²) in [5.41, 5.74) is 0.380. The molecule has 1 aliphatic rings. The van der Waals surface area contributed by atoms with Crippen molar-refractivity contribution in [2.45, 2.75) is 59.4 Å². The van der Waals surface area contributed by atoms with E-state index in [0.717, 1.165) is 38.4 Å². The van der Waals surface area contributed by atoms with E-state index >= 15 is 0 Å². The normalized spacial score (nSPS) is 18.9. The first-order chi connectivity index (χ1) is 9.85. The maximum Gasteiger partial charge on any atom is 0.222 e. The van der Waals surface area contributed by atoms with Gasteiger partial charge in [0, 0.05) is 39.1 Å². The van der Waals surface area contributed by atoms with Crippen LogP contribution in [0.2, 0.25) is 0 Å². The van der Waals surface area contributed by atoms with Gasteiger partial charge in [-0.2, -0.15) is 0 Å². The van der Waals surface area contributed by atoms with Crippen LogP contribution in [0.1, 0.15) is 53.4 Å². The largest absolute Gasteiger partial charge is 0.356 e. The lowest BCUT2D eigenvalue weighted by molar-refractivity contribution is -0.129. The van der Waals surface area contributed by atoms with Crippen LogP contribution in [0, 0.1) is 5.41 Å². The first kappa shape index (κ1) is 21.5. The van der Waals surface area contributed by atoms with Crippen LogP contribution in [0.3, 0.4) is 0 Å². The molecule has 1 heterocycles. The van der Waals surface area contributed by atoms with Crippen LogP contribution in [0.4, 0.5) is 0 Å². The van der Waals surface area contributed by atoms with Gasteiger partial charge in [0.1, 0.15) is 0 Å². The molecule has 1 unspecified atom stereocenters. The van der Waals surface area contributed by atoms with Crippen LogP contribution >= 0.6 is 24.0 Å². The van der Waals surface area contributed by atoms with Gasteiger partial charge in [-0.1, -0.05) is 27.7 Å². The highest BCUT2D eigenvalue weighted by molar-refractivity contribution is 14.0. The summed E-state index contributed by atoms with van der Waals surface area (Å²) in [6.07, 6.45) is 3.91. The molecule has 0 spiro atoms. The second-order valence-electron chi connectivity index (χ2n) is 6.99. The zero-order valence-corrected chi connectivity index (χ0v) is 17.1. The van der Waals surface area contributed by atoms with Gasteiger partial charge in [0.2, 0.25) is 5.91 Å². The van der Waals surface area contributed by atoms with Gasteiger partial charge in [-0.05, 0) is 24.7 Å². The summed E-state index contributed by atoms with van der Waals surface area (Å²) in [6.45, 7) is 11.3. The second-order valence-corrected chi connectivity index (χ2v) is 6.99. The summed E-state index contributed by atoms with van der Waals surface area (Å²) in [6, 6.07) is 0.314. The molecule has 0 radical (unpaired) electrons. The number of amides is 1. The number of rotatable bonds is 5. The Balaban J connectivity index is 0.00000441. The molecule has 1 amide bonds. The van der Waals surface area contributed by atoms with Crippen LogP contribution in [-0.4, -0.2) is 49.5 Å². The minimum atomic E-state index is 0. The fourth-order valence-electron chi connectivity index (χ4n) is 2.54. The minimum absolute atomic E-state index is 0. The summed E-state index contributed by atoms with van der Waals surface area (Å²) in [7, 11) is 1.79. The van der Waals surface area contributed by atoms with Crippen LogP contribution in [0.15, 0.2) is 4.99 Å². The van der Waals surface area contributed by atoms with Gasteiger partial charge in [-0.15, -0.1) is 24.0 Å². The summed E-state index contributed by atoms with van der Waals surface area (Å²) in [5.74, 6) is 1.09. The maximum absolute atomic E-state index is 11.7. The zero-order valence-electron chi connectivity index (χ0n) is 14.7. The van der Waals surface area contributed by atoms with Gasteiger partial charge in [-0.3, -0.25) is 9.79 Å². The number of nitrogens with zero attached hydrogens (tertiary/aromatic N) is 2. The highest BCUT2D eigenvalue weighted by atomic mass is 127. The monoisotopic (exact) mass is 424 g/mol. The number of carbonyl (C=O) groups excluding carboxylic acids is 1. The van der Waals surface area contributed by atoms with Crippen LogP contribution in [0.5, 0.6) is 0 Å². The highest BCUT2D eigenvalue weighted by Crippen LogP contribution is 2.19. The Morgan fingerprint density at radius 1 is 1.36 bits per heavy atom. The van der Waals surface area contributed by atoms with Crippen LogP contribution < -0.4 is 10.6 Å². The predicted molar refractivity (Wildman–Crippen MR) is 104 cm³/mol. The highest BCUT2D eigenvalue weighted by Gasteiger charge is 2.25. The number of likely N-dealkylation sites (tertiary alicyclic amines) is 1. The number of hydrogen-bond acceptors (Lipinski definition) is 2. The van der Waals surface area contributed by atoms with Gasteiger partial charge in [-0.25, -0.2) is 0 Å². The van der Waals surface area contributed by atoms with Crippen molar-refractivity contribution in [2.75, 3.05) is 26.7 Å². The molecule has 0 aromatic rings. The zero-order chi connectivity index (χ0) is 15.9. The van der Waals surface area contributed by atoms with Crippen LogP contribution in [0.25, 0.3) is 0 Å². The lowest BCUT2D eigenvalue weighted by Crippen LogP contribution is -2.45. The summed E-state index contributed by atoms with van der Waals surface area (Å²) in [4.78, 5) is 17.9. The second kappa shape index (κ2) is 10.3. The molecular formula is C16H33IN4O. The lowest BCUT2D eigenvalue weighted by atomic mass is 9.91. The Kier molecular flexibility index (Phi) is 10.0. The van der Waals surface area contributed by atoms with Crippen molar-refractivity contribution < 1.29 is 4.79 Å². The van der Waals surface area contributed by atoms with E-state index in [1.807, 2.05) is 11.8 Å². The topological polar surface area (TPSA) is 56.7 Å². The third kappa shape index (κ3) is 8.19. The van der Waals surface area contributed by atoms with Crippen molar-refractivity contribution in [1.82, 2.24) is 15.5 Å². The molecule has 2 N–H and O–H groups in total. The molecule has 5 nitrogen and oxygen atoms in total. The molecule has 1 atom stereocenters. The maximum atomic E-state index is 11.7. The molecule has 22 heavy (non-hydrogen) atoms. The summed E-state index contributed by atoms with van der Waals surface area (Å²) < 4.78 is 0. The average Bonchev–Trinajstić information content (AvgIpc) is 2.88. The molecular weight excluding hydrogens is 391 g/mol. The Hall–Kier alpha value is -0.530. The SMILES string of the molecule is CCC(=O)N1CCC(NC(=NC)NCCCC(C)(C)C)C1.I. The molecule has 1 aliphatic heterocycles. The van der Waals surface area contributed by atoms with E-state index in [1.165, 1.54) is 6.42 Å². The van der Waals surface area contributed by atoms with E-state index in [0.29, 0.717) is 17.9 Å². The number of guanidine groups is 1. The van der Waals surface area contributed by atoms with Crippen molar-refractivity contribution in [2.24, 2.45) is 10.4 Å². The van der Waals surface area contributed by atoms with E-state index < -0.39 is 0 Å². The van der Waals surface area contributed by atoms with Gasteiger partial charge in [0.25, 0.3) is 0 Å². The first-order valence-electron chi connectivity index (χ1n) is 8.10. The fourth-order valence-corrected chi connectivity index (χ4v) is 2.54. The summed E-state index contributed by atoms with van der Waals surface area (Å²) in [5, 5.41) is 6.78. The molecule has 0 aliphatic carbocycles. The van der Waals surface area contributed by atoms with Crippen molar-refractivity contribution in [1.29, 1.82) is 0 Å². The van der Waals surface area contributed by atoms with E-state index in [-0.39, 0.29) is 29.9 Å². The van der Waals surface area contributed by atoms with Gasteiger partial charge >= 0.3 is 0 Å². The molecule has 0 aromatic carbocycles. The van der Waals surface area contributed by atoms with E-state index in [1.54, 1.807) is 7.05 Å². The minimum Gasteiger partial charge on any atom is -0.356 e. The van der Waals surface area contributed by atoms with Crippen molar-refractivity contribution in [3.8, 4) is 0 Å². The third-order valence-electron chi connectivity index (χ3n) is 3.80. The van der Waals surface area contributed by atoms with Crippen molar-refractivity contribution in [3.05, 3.63) is 0 Å². The van der Waals surface area contributed by atoms with Crippen molar-refractivity contribution in [3.63, 3.8) is 0 Å². The third-order valence-corrected chi connectivity index (χ3v) is 3.80. The molecule has 130 valence electrons. The standard InChI is InChI=1S/C16H32N4O.HI/c1-6-14(21)20-11-8-13(12-20)19-15(17-5)18-10-7-9-16(2,3)4;/h13H,6-12H2,1-5H3,(H2,17,18,19);1H. The van der Waals surface area contributed by atoms with Gasteiger partial charge in [0.05, 0.1) is 0 Å². The molecule has 1 rings (SSSR count). The Morgan fingerprint density at radius 2 is 2.05 bits per heavy atom. The molecule has 6 heteroatoms. The average molecular weight is 424 g/mol. The Bertz CT molecular complexity index is 366. The number of hydrogen-bond donors (Lipinski definition) is 2. The Labute approximate surface area is 152 Å². The van der Waals surface area contributed by atoms with E-state index in [2.05, 4.69) is 36.4 Å². The smallest absolute Gasteiger partial charge is 0.222 e. The first-order valence-corrected chi connectivity index (χ1v) is 8.10. The van der Waals surface area contributed by atoms with Crippen molar-refractivity contribution >= 4 is 35.8 Å².